The summed E-state index contributed by atoms with van der Waals surface area (Å²) < 4.78 is 5.22. The highest BCUT2D eigenvalue weighted by Gasteiger charge is 2.23. The Bertz CT molecular complexity index is 878. The summed E-state index contributed by atoms with van der Waals surface area (Å²) in [7, 11) is 1.66. The van der Waals surface area contributed by atoms with E-state index < -0.39 is 0 Å². The molecule has 0 saturated carbocycles. The molecule has 0 bridgehead atoms. The van der Waals surface area contributed by atoms with Crippen molar-refractivity contribution >= 4 is 17.5 Å². The van der Waals surface area contributed by atoms with Gasteiger partial charge in [-0.1, -0.05) is 13.3 Å². The predicted octanol–water partition coefficient (Wildman–Crippen LogP) is 2.77. The van der Waals surface area contributed by atoms with E-state index >= 15 is 0 Å². The maximum absolute atomic E-state index is 12.9. The molecule has 0 unspecified atom stereocenters. The van der Waals surface area contributed by atoms with Gasteiger partial charge in [0.2, 0.25) is 5.91 Å². The lowest BCUT2D eigenvalue weighted by atomic mass is 10.2. The Morgan fingerprint density at radius 2 is 1.75 bits per heavy atom. The summed E-state index contributed by atoms with van der Waals surface area (Å²) in [6.45, 7) is 7.86. The molecule has 0 spiro atoms. The van der Waals surface area contributed by atoms with Gasteiger partial charge in [-0.2, -0.15) is 0 Å². The Hall–Kier alpha value is -3.16. The summed E-state index contributed by atoms with van der Waals surface area (Å²) in [4.78, 5) is 40.0. The third-order valence-corrected chi connectivity index (χ3v) is 5.73. The second-order valence-electron chi connectivity index (χ2n) is 8.00. The quantitative estimate of drug-likeness (QED) is 0.598. The van der Waals surface area contributed by atoms with Crippen molar-refractivity contribution in [3.8, 4) is 5.75 Å². The molecule has 2 aromatic rings. The van der Waals surface area contributed by atoms with Crippen molar-refractivity contribution < 1.29 is 14.3 Å². The number of unbranched alkanes of at least 4 members (excludes halogenated alkanes) is 1. The lowest BCUT2D eigenvalue weighted by molar-refractivity contribution is -0.131. The van der Waals surface area contributed by atoms with Crippen LogP contribution in [0.25, 0.3) is 0 Å². The summed E-state index contributed by atoms with van der Waals surface area (Å²) >= 11 is 0. The first-order chi connectivity index (χ1) is 15.5. The number of ether oxygens (including phenoxy) is 1. The van der Waals surface area contributed by atoms with E-state index in [0.717, 1.165) is 43.1 Å². The number of amides is 2. The number of anilines is 1. The Morgan fingerprint density at radius 1 is 1.03 bits per heavy atom. The topological polar surface area (TPSA) is 78.9 Å². The number of methoxy groups -OCH3 is 1. The summed E-state index contributed by atoms with van der Waals surface area (Å²) in [6.07, 6.45) is 5.29. The molecule has 1 fully saturated rings. The zero-order chi connectivity index (χ0) is 22.9. The fourth-order valence-corrected chi connectivity index (χ4v) is 3.72. The van der Waals surface area contributed by atoms with E-state index in [0.29, 0.717) is 38.3 Å². The summed E-state index contributed by atoms with van der Waals surface area (Å²) in [5.74, 6) is 0.758. The Balaban J connectivity index is 1.52. The highest BCUT2D eigenvalue weighted by molar-refractivity contribution is 5.92. The van der Waals surface area contributed by atoms with Gasteiger partial charge in [0.05, 0.1) is 19.0 Å². The molecular formula is C24H33N5O3. The predicted molar refractivity (Wildman–Crippen MR) is 124 cm³/mol. The van der Waals surface area contributed by atoms with E-state index in [9.17, 15) is 9.59 Å². The Labute approximate surface area is 190 Å². The average Bonchev–Trinajstić information content (AvgIpc) is 2.84. The van der Waals surface area contributed by atoms with Crippen LogP contribution >= 0.6 is 0 Å². The molecule has 2 amide bonds. The summed E-state index contributed by atoms with van der Waals surface area (Å²) in [5.41, 5.74) is 2.23. The van der Waals surface area contributed by atoms with Gasteiger partial charge in [-0.25, -0.2) is 4.98 Å². The minimum atomic E-state index is -0.164. The summed E-state index contributed by atoms with van der Waals surface area (Å²) in [5, 5.41) is 0. The molecule has 3 rings (SSSR count). The molecule has 1 aliphatic heterocycles. The zero-order valence-corrected chi connectivity index (χ0v) is 19.3. The van der Waals surface area contributed by atoms with Crippen molar-refractivity contribution in [3.63, 3.8) is 0 Å². The van der Waals surface area contributed by atoms with Gasteiger partial charge in [-0.3, -0.25) is 14.6 Å². The standard InChI is InChI=1S/C24H33N5O3/c1-4-5-11-29(24(31)22-18-25-19(2)17-26-22)12-10-23(30)28-15-13-27(14-16-28)20-6-8-21(32-3)9-7-20/h6-9,17-18H,4-5,10-16H2,1-3H3. The average molecular weight is 440 g/mol. The van der Waals surface area contributed by atoms with Gasteiger partial charge in [0.25, 0.3) is 5.91 Å². The van der Waals surface area contributed by atoms with Crippen molar-refractivity contribution in [1.82, 2.24) is 19.8 Å². The zero-order valence-electron chi connectivity index (χ0n) is 19.3. The smallest absolute Gasteiger partial charge is 0.274 e. The van der Waals surface area contributed by atoms with Gasteiger partial charge in [0.15, 0.2) is 0 Å². The van der Waals surface area contributed by atoms with Crippen LogP contribution in [0.2, 0.25) is 0 Å². The van der Waals surface area contributed by atoms with Crippen LogP contribution in [0, 0.1) is 6.92 Å². The number of rotatable bonds is 9. The van der Waals surface area contributed by atoms with Crippen LogP contribution in [0.15, 0.2) is 36.7 Å². The molecule has 1 saturated heterocycles. The number of hydrogen-bond donors (Lipinski definition) is 0. The monoisotopic (exact) mass is 439 g/mol. The van der Waals surface area contributed by atoms with E-state index in [1.807, 2.05) is 36.1 Å². The molecule has 0 aliphatic carbocycles. The summed E-state index contributed by atoms with van der Waals surface area (Å²) in [6, 6.07) is 7.99. The number of aromatic nitrogens is 2. The van der Waals surface area contributed by atoms with Crippen LogP contribution < -0.4 is 9.64 Å². The maximum atomic E-state index is 12.9. The van der Waals surface area contributed by atoms with E-state index in [2.05, 4.69) is 21.8 Å². The molecule has 32 heavy (non-hydrogen) atoms. The highest BCUT2D eigenvalue weighted by atomic mass is 16.5. The van der Waals surface area contributed by atoms with Crippen LogP contribution in [0.4, 0.5) is 5.69 Å². The van der Waals surface area contributed by atoms with E-state index in [1.54, 1.807) is 18.2 Å². The van der Waals surface area contributed by atoms with Crippen LogP contribution in [0.3, 0.4) is 0 Å². The number of benzene rings is 1. The normalized spacial score (nSPS) is 13.7. The molecular weight excluding hydrogens is 406 g/mol. The number of carbonyl (C=O) groups is 2. The maximum Gasteiger partial charge on any atom is 0.274 e. The van der Waals surface area contributed by atoms with Gasteiger partial charge >= 0.3 is 0 Å². The fourth-order valence-electron chi connectivity index (χ4n) is 3.72. The number of nitrogens with zero attached hydrogens (tertiary/aromatic N) is 5. The number of hydrogen-bond acceptors (Lipinski definition) is 6. The fraction of sp³-hybridized carbons (Fsp3) is 0.500. The van der Waals surface area contributed by atoms with Gasteiger partial charge < -0.3 is 19.4 Å². The lowest BCUT2D eigenvalue weighted by Crippen LogP contribution is -2.49. The van der Waals surface area contributed by atoms with Crippen LogP contribution in [-0.2, 0) is 4.79 Å². The second kappa shape index (κ2) is 11.5. The van der Waals surface area contributed by atoms with Crippen molar-refractivity contribution in [3.05, 3.63) is 48.0 Å². The first kappa shape index (κ1) is 23.5. The van der Waals surface area contributed by atoms with Crippen LogP contribution in [0.1, 0.15) is 42.4 Å². The van der Waals surface area contributed by atoms with Gasteiger partial charge in [0.1, 0.15) is 11.4 Å². The Morgan fingerprint density at radius 3 is 2.34 bits per heavy atom. The minimum Gasteiger partial charge on any atom is -0.497 e. The van der Waals surface area contributed by atoms with Crippen LogP contribution in [-0.4, -0.2) is 78.0 Å². The van der Waals surface area contributed by atoms with Crippen LogP contribution in [0.5, 0.6) is 5.75 Å². The molecule has 1 aromatic carbocycles. The minimum absolute atomic E-state index is 0.0867. The number of carbonyl (C=O) groups excluding carboxylic acids is 2. The van der Waals surface area contributed by atoms with Gasteiger partial charge in [-0.05, 0) is 37.6 Å². The Kier molecular flexibility index (Phi) is 8.41. The molecule has 1 aromatic heterocycles. The second-order valence-corrected chi connectivity index (χ2v) is 8.00. The highest BCUT2D eigenvalue weighted by Crippen LogP contribution is 2.20. The molecule has 0 N–H and O–H groups in total. The van der Waals surface area contributed by atoms with Crippen molar-refractivity contribution in [2.75, 3.05) is 51.3 Å². The third-order valence-electron chi connectivity index (χ3n) is 5.73. The molecule has 8 heteroatoms. The van der Waals surface area contributed by atoms with Gasteiger partial charge in [0, 0.05) is 57.6 Å². The first-order valence-corrected chi connectivity index (χ1v) is 11.3. The van der Waals surface area contributed by atoms with E-state index in [4.69, 9.17) is 4.74 Å². The molecule has 172 valence electrons. The first-order valence-electron chi connectivity index (χ1n) is 11.3. The van der Waals surface area contributed by atoms with Crippen molar-refractivity contribution in [2.24, 2.45) is 0 Å². The van der Waals surface area contributed by atoms with E-state index in [1.165, 1.54) is 6.20 Å². The molecule has 0 atom stereocenters. The number of piperazine rings is 1. The molecule has 0 radical (unpaired) electrons. The molecule has 1 aliphatic rings. The molecule has 2 heterocycles. The lowest BCUT2D eigenvalue weighted by Gasteiger charge is -2.36. The van der Waals surface area contributed by atoms with Gasteiger partial charge in [-0.15, -0.1) is 0 Å². The van der Waals surface area contributed by atoms with Crippen molar-refractivity contribution in [1.29, 1.82) is 0 Å². The third kappa shape index (κ3) is 6.18. The SMILES string of the molecule is CCCCN(CCC(=O)N1CCN(c2ccc(OC)cc2)CC1)C(=O)c1cnc(C)cn1. The van der Waals surface area contributed by atoms with Crippen molar-refractivity contribution in [2.45, 2.75) is 33.1 Å². The largest absolute Gasteiger partial charge is 0.497 e. The molecule has 8 nitrogen and oxygen atoms in total. The number of aryl methyl sites for hydroxylation is 1. The van der Waals surface area contributed by atoms with E-state index in [-0.39, 0.29) is 11.8 Å².